The number of nitrogens with zero attached hydrogens (tertiary/aromatic N) is 1. The summed E-state index contributed by atoms with van der Waals surface area (Å²) >= 11 is 0. The zero-order chi connectivity index (χ0) is 19.1. The molecule has 0 saturated carbocycles. The number of carbonyl (C=O) groups is 2. The van der Waals surface area contributed by atoms with Gasteiger partial charge in [-0.1, -0.05) is 0 Å². The summed E-state index contributed by atoms with van der Waals surface area (Å²) < 4.78 is 21.0. The van der Waals surface area contributed by atoms with E-state index in [1.165, 1.54) is 0 Å². The largest absolute Gasteiger partial charge is 0.493 e. The van der Waals surface area contributed by atoms with E-state index in [2.05, 4.69) is 0 Å². The highest BCUT2D eigenvalue weighted by molar-refractivity contribution is 5.80. The molecule has 1 saturated heterocycles. The zero-order valence-electron chi connectivity index (χ0n) is 15.9. The Labute approximate surface area is 154 Å². The quantitative estimate of drug-likeness (QED) is 0.689. The second-order valence-corrected chi connectivity index (χ2v) is 6.12. The van der Waals surface area contributed by atoms with Crippen LogP contribution in [0.1, 0.15) is 25.3 Å². The van der Waals surface area contributed by atoms with Crippen molar-refractivity contribution in [1.29, 1.82) is 0 Å². The molecule has 1 aromatic rings. The molecule has 0 atom stereocenters. The Balaban J connectivity index is 2.01. The van der Waals surface area contributed by atoms with Crippen molar-refractivity contribution in [1.82, 2.24) is 4.90 Å². The molecule has 1 aliphatic heterocycles. The van der Waals surface area contributed by atoms with Gasteiger partial charge in [-0.2, -0.15) is 0 Å². The summed E-state index contributed by atoms with van der Waals surface area (Å²) in [5.74, 6) is 1.29. The number of benzene rings is 1. The van der Waals surface area contributed by atoms with Gasteiger partial charge in [-0.15, -0.1) is 0 Å². The molecule has 7 heteroatoms. The lowest BCUT2D eigenvalue weighted by atomic mass is 9.96. The molecule has 0 aliphatic carbocycles. The first-order chi connectivity index (χ1) is 12.5. The topological polar surface area (TPSA) is 74.3 Å². The Morgan fingerprint density at radius 1 is 1.04 bits per heavy atom. The van der Waals surface area contributed by atoms with Gasteiger partial charge in [0.2, 0.25) is 11.7 Å². The normalized spacial score (nSPS) is 14.7. The highest BCUT2D eigenvalue weighted by Crippen LogP contribution is 2.38. The number of amides is 1. The average molecular weight is 365 g/mol. The summed E-state index contributed by atoms with van der Waals surface area (Å²) in [4.78, 5) is 26.2. The molecule has 0 N–H and O–H groups in total. The maximum Gasteiger partial charge on any atom is 0.309 e. The number of piperidine rings is 1. The van der Waals surface area contributed by atoms with Gasteiger partial charge in [0, 0.05) is 13.1 Å². The fraction of sp³-hybridized carbons (Fsp3) is 0.579. The molecule has 1 aromatic carbocycles. The third-order valence-electron chi connectivity index (χ3n) is 4.55. The van der Waals surface area contributed by atoms with Gasteiger partial charge < -0.3 is 23.8 Å². The zero-order valence-corrected chi connectivity index (χ0v) is 15.9. The summed E-state index contributed by atoms with van der Waals surface area (Å²) in [6.45, 7) is 3.31. The third-order valence-corrected chi connectivity index (χ3v) is 4.55. The fourth-order valence-electron chi connectivity index (χ4n) is 3.15. The fourth-order valence-corrected chi connectivity index (χ4v) is 3.15. The molecule has 1 heterocycles. The van der Waals surface area contributed by atoms with Crippen LogP contribution in [0.2, 0.25) is 0 Å². The van der Waals surface area contributed by atoms with Gasteiger partial charge in [-0.25, -0.2) is 0 Å². The second-order valence-electron chi connectivity index (χ2n) is 6.12. The number of rotatable bonds is 7. The van der Waals surface area contributed by atoms with E-state index in [1.54, 1.807) is 45.3 Å². The van der Waals surface area contributed by atoms with E-state index in [0.29, 0.717) is 49.8 Å². The van der Waals surface area contributed by atoms with Crippen molar-refractivity contribution in [2.75, 3.05) is 41.0 Å². The Kier molecular flexibility index (Phi) is 7.12. The Bertz CT molecular complexity index is 612. The second kappa shape index (κ2) is 9.31. The van der Waals surface area contributed by atoms with Crippen LogP contribution in [0, 0.1) is 5.92 Å². The minimum atomic E-state index is -0.163. The predicted octanol–water partition coefficient (Wildman–Crippen LogP) is 2.06. The first-order valence-corrected chi connectivity index (χ1v) is 8.77. The van der Waals surface area contributed by atoms with Crippen LogP contribution in [0.25, 0.3) is 0 Å². The van der Waals surface area contributed by atoms with Gasteiger partial charge in [0.1, 0.15) is 0 Å². The molecule has 0 spiro atoms. The van der Waals surface area contributed by atoms with E-state index in [9.17, 15) is 9.59 Å². The van der Waals surface area contributed by atoms with Crippen molar-refractivity contribution in [2.24, 2.45) is 5.92 Å². The van der Waals surface area contributed by atoms with Crippen LogP contribution in [-0.2, 0) is 20.7 Å². The maximum atomic E-state index is 12.6. The summed E-state index contributed by atoms with van der Waals surface area (Å²) in [5.41, 5.74) is 0.789. The lowest BCUT2D eigenvalue weighted by molar-refractivity contribution is -0.151. The molecule has 0 radical (unpaired) electrons. The molecule has 26 heavy (non-hydrogen) atoms. The number of ether oxygens (including phenoxy) is 4. The van der Waals surface area contributed by atoms with E-state index in [1.807, 2.05) is 0 Å². The van der Waals surface area contributed by atoms with E-state index in [4.69, 9.17) is 18.9 Å². The van der Waals surface area contributed by atoms with E-state index in [0.717, 1.165) is 5.56 Å². The first-order valence-electron chi connectivity index (χ1n) is 8.77. The summed E-state index contributed by atoms with van der Waals surface area (Å²) in [5, 5.41) is 0. The first kappa shape index (κ1) is 19.9. The molecular formula is C19H27NO6. The number of esters is 1. The molecule has 144 valence electrons. The van der Waals surface area contributed by atoms with Crippen molar-refractivity contribution >= 4 is 11.9 Å². The number of carbonyl (C=O) groups excluding carboxylic acids is 2. The van der Waals surface area contributed by atoms with Crippen LogP contribution in [0.4, 0.5) is 0 Å². The standard InChI is InChI=1S/C19H27NO6/c1-5-26-19(22)14-6-8-20(9-7-14)17(21)12-13-10-15(23-2)18(25-4)16(11-13)24-3/h10-11,14H,5-9,12H2,1-4H3. The minimum Gasteiger partial charge on any atom is -0.493 e. The SMILES string of the molecule is CCOC(=O)C1CCN(C(=O)Cc2cc(OC)c(OC)c(OC)c2)CC1. The molecule has 1 aliphatic rings. The smallest absolute Gasteiger partial charge is 0.309 e. The van der Waals surface area contributed by atoms with Crippen LogP contribution < -0.4 is 14.2 Å². The van der Waals surface area contributed by atoms with Crippen molar-refractivity contribution in [3.05, 3.63) is 17.7 Å². The van der Waals surface area contributed by atoms with Crippen LogP contribution in [0.3, 0.4) is 0 Å². The van der Waals surface area contributed by atoms with Crippen molar-refractivity contribution in [2.45, 2.75) is 26.2 Å². The molecule has 1 fully saturated rings. The van der Waals surface area contributed by atoms with Gasteiger partial charge in [0.25, 0.3) is 0 Å². The van der Waals surface area contributed by atoms with Crippen molar-refractivity contribution < 1.29 is 28.5 Å². The Morgan fingerprint density at radius 3 is 2.08 bits per heavy atom. The summed E-state index contributed by atoms with van der Waals surface area (Å²) in [6.07, 6.45) is 1.51. The number of likely N-dealkylation sites (tertiary alicyclic amines) is 1. The molecule has 0 unspecified atom stereocenters. The molecule has 7 nitrogen and oxygen atoms in total. The third kappa shape index (κ3) is 4.59. The number of hydrogen-bond acceptors (Lipinski definition) is 6. The van der Waals surface area contributed by atoms with Gasteiger partial charge in [0.05, 0.1) is 40.3 Å². The van der Waals surface area contributed by atoms with E-state index < -0.39 is 0 Å². The van der Waals surface area contributed by atoms with Crippen LogP contribution in [0.15, 0.2) is 12.1 Å². The van der Waals surface area contributed by atoms with Crippen molar-refractivity contribution in [3.63, 3.8) is 0 Å². The maximum absolute atomic E-state index is 12.6. The number of hydrogen-bond donors (Lipinski definition) is 0. The van der Waals surface area contributed by atoms with Gasteiger partial charge >= 0.3 is 5.97 Å². The van der Waals surface area contributed by atoms with Gasteiger partial charge in [-0.05, 0) is 37.5 Å². The van der Waals surface area contributed by atoms with E-state index >= 15 is 0 Å². The molecule has 0 aromatic heterocycles. The Hall–Kier alpha value is -2.44. The lowest BCUT2D eigenvalue weighted by Crippen LogP contribution is -2.41. The van der Waals surface area contributed by atoms with Crippen molar-refractivity contribution in [3.8, 4) is 17.2 Å². The molecular weight excluding hydrogens is 338 g/mol. The predicted molar refractivity (Wildman–Crippen MR) is 95.7 cm³/mol. The molecule has 2 rings (SSSR count). The minimum absolute atomic E-state index is 0.0154. The highest BCUT2D eigenvalue weighted by atomic mass is 16.5. The molecule has 0 bridgehead atoms. The van der Waals surface area contributed by atoms with Gasteiger partial charge in [-0.3, -0.25) is 9.59 Å². The van der Waals surface area contributed by atoms with E-state index in [-0.39, 0.29) is 24.2 Å². The molecule has 1 amide bonds. The number of methoxy groups -OCH3 is 3. The summed E-state index contributed by atoms with van der Waals surface area (Å²) in [6, 6.07) is 3.56. The lowest BCUT2D eigenvalue weighted by Gasteiger charge is -2.31. The van der Waals surface area contributed by atoms with Crippen LogP contribution in [-0.4, -0.2) is 57.8 Å². The Morgan fingerprint density at radius 2 is 1.62 bits per heavy atom. The monoisotopic (exact) mass is 365 g/mol. The average Bonchev–Trinajstić information content (AvgIpc) is 2.67. The highest BCUT2D eigenvalue weighted by Gasteiger charge is 2.28. The van der Waals surface area contributed by atoms with Crippen LogP contribution >= 0.6 is 0 Å². The van der Waals surface area contributed by atoms with Crippen LogP contribution in [0.5, 0.6) is 17.2 Å². The van der Waals surface area contributed by atoms with Gasteiger partial charge in [0.15, 0.2) is 11.5 Å². The summed E-state index contributed by atoms with van der Waals surface area (Å²) in [7, 11) is 4.63.